The maximum Gasteiger partial charge on any atom is 0.170 e. The zero-order valence-corrected chi connectivity index (χ0v) is 14.7. The van der Waals surface area contributed by atoms with Gasteiger partial charge < -0.3 is 10.6 Å². The van der Waals surface area contributed by atoms with Crippen molar-refractivity contribution < 1.29 is 0 Å². The van der Waals surface area contributed by atoms with Crippen molar-refractivity contribution in [1.29, 1.82) is 0 Å². The van der Waals surface area contributed by atoms with E-state index in [0.29, 0.717) is 21.6 Å². The van der Waals surface area contributed by atoms with Crippen LogP contribution in [0.25, 0.3) is 0 Å². The van der Waals surface area contributed by atoms with E-state index in [2.05, 4.69) is 31.4 Å². The minimum Gasteiger partial charge on any atom is -0.360 e. The van der Waals surface area contributed by atoms with Gasteiger partial charge in [0.15, 0.2) is 5.11 Å². The highest BCUT2D eigenvalue weighted by atomic mass is 35.5. The Morgan fingerprint density at radius 1 is 1.19 bits per heavy atom. The Kier molecular flexibility index (Phi) is 5.50. The Balaban J connectivity index is 1.79. The Morgan fingerprint density at radius 2 is 1.86 bits per heavy atom. The number of rotatable bonds is 2. The third-order valence-electron chi connectivity index (χ3n) is 4.37. The van der Waals surface area contributed by atoms with Gasteiger partial charge in [-0.15, -0.1) is 0 Å². The average Bonchev–Trinajstić information content (AvgIpc) is 2.38. The van der Waals surface area contributed by atoms with Crippen molar-refractivity contribution in [2.75, 3.05) is 5.32 Å². The topological polar surface area (TPSA) is 24.1 Å². The van der Waals surface area contributed by atoms with E-state index in [0.717, 1.165) is 11.6 Å². The number of thiocarbonyl (C=S) groups is 1. The van der Waals surface area contributed by atoms with E-state index in [1.165, 1.54) is 25.7 Å². The Hall–Kier alpha value is -0.800. The van der Waals surface area contributed by atoms with Gasteiger partial charge in [0.1, 0.15) is 0 Å². The first-order valence-electron chi connectivity index (χ1n) is 7.67. The van der Waals surface area contributed by atoms with E-state index in [1.54, 1.807) is 0 Å². The van der Waals surface area contributed by atoms with Gasteiger partial charge in [0.25, 0.3) is 0 Å². The summed E-state index contributed by atoms with van der Waals surface area (Å²) in [5.74, 6) is 0.824. The first-order valence-corrected chi connectivity index (χ1v) is 8.46. The highest BCUT2D eigenvalue weighted by Gasteiger charge is 2.29. The predicted octanol–water partition coefficient (Wildman–Crippen LogP) is 5.23. The molecule has 1 aliphatic rings. The third-order valence-corrected chi connectivity index (χ3v) is 4.82. The van der Waals surface area contributed by atoms with Crippen LogP contribution in [0.3, 0.4) is 0 Å². The third kappa shape index (κ3) is 5.15. The Bertz CT molecular complexity index is 488. The summed E-state index contributed by atoms with van der Waals surface area (Å²) in [5, 5.41) is 8.05. The van der Waals surface area contributed by atoms with Crippen LogP contribution in [-0.4, -0.2) is 11.2 Å². The molecule has 0 atom stereocenters. The van der Waals surface area contributed by atoms with E-state index >= 15 is 0 Å². The molecular formula is C17H25ClN2S. The van der Waals surface area contributed by atoms with Crippen LogP contribution in [-0.2, 0) is 0 Å². The van der Waals surface area contributed by atoms with Crippen LogP contribution in [0.1, 0.15) is 46.5 Å². The number of halogens is 1. The van der Waals surface area contributed by atoms with Gasteiger partial charge in [-0.1, -0.05) is 38.4 Å². The Labute approximate surface area is 138 Å². The summed E-state index contributed by atoms with van der Waals surface area (Å²) >= 11 is 11.4. The molecular weight excluding hydrogens is 300 g/mol. The first-order chi connectivity index (χ1) is 9.84. The van der Waals surface area contributed by atoms with Crippen LogP contribution in [0.2, 0.25) is 5.02 Å². The molecule has 0 bridgehead atoms. The van der Waals surface area contributed by atoms with Crippen LogP contribution < -0.4 is 10.6 Å². The molecule has 1 aromatic carbocycles. The van der Waals surface area contributed by atoms with Crippen molar-refractivity contribution in [3.63, 3.8) is 0 Å². The molecule has 0 aromatic heterocycles. The highest BCUT2D eigenvalue weighted by Crippen LogP contribution is 2.37. The molecule has 2 rings (SSSR count). The standard InChI is InChI=1S/C17H25ClN2S/c1-17(2,3)12-7-9-14(10-8-12)19-16(21)20-15-6-4-5-13(18)11-15/h4-6,11-12,14H,7-10H2,1-3H3,(H2,19,20,21). The lowest BCUT2D eigenvalue weighted by Gasteiger charge is -2.37. The molecule has 0 heterocycles. The average molecular weight is 325 g/mol. The molecule has 0 radical (unpaired) electrons. The predicted molar refractivity (Wildman–Crippen MR) is 96.0 cm³/mol. The molecule has 0 amide bonds. The molecule has 1 aliphatic carbocycles. The number of hydrogen-bond donors (Lipinski definition) is 2. The van der Waals surface area contributed by atoms with Gasteiger partial charge in [0.2, 0.25) is 0 Å². The van der Waals surface area contributed by atoms with Gasteiger partial charge in [0.05, 0.1) is 0 Å². The first kappa shape index (κ1) is 16.6. The van der Waals surface area contributed by atoms with E-state index in [9.17, 15) is 0 Å². The Morgan fingerprint density at radius 3 is 2.43 bits per heavy atom. The highest BCUT2D eigenvalue weighted by molar-refractivity contribution is 7.80. The number of anilines is 1. The minimum absolute atomic E-state index is 0.421. The summed E-state index contributed by atoms with van der Waals surface area (Å²) in [5.41, 5.74) is 1.35. The summed E-state index contributed by atoms with van der Waals surface area (Å²) in [6.45, 7) is 7.03. The second kappa shape index (κ2) is 6.97. The van der Waals surface area contributed by atoms with Crippen molar-refractivity contribution in [3.05, 3.63) is 29.3 Å². The molecule has 0 unspecified atom stereocenters. The van der Waals surface area contributed by atoms with Gasteiger partial charge in [-0.05, 0) is 67.4 Å². The van der Waals surface area contributed by atoms with Gasteiger partial charge in [-0.25, -0.2) is 0 Å². The number of nitrogens with one attached hydrogen (secondary N) is 2. The molecule has 0 saturated heterocycles. The van der Waals surface area contributed by atoms with Crippen LogP contribution in [0.15, 0.2) is 24.3 Å². The normalized spacial score (nSPS) is 22.7. The van der Waals surface area contributed by atoms with Crippen molar-refractivity contribution in [2.24, 2.45) is 11.3 Å². The summed E-state index contributed by atoms with van der Waals surface area (Å²) < 4.78 is 0. The lowest BCUT2D eigenvalue weighted by atomic mass is 9.71. The molecule has 2 nitrogen and oxygen atoms in total. The summed E-state index contributed by atoms with van der Waals surface area (Å²) in [6, 6.07) is 8.11. The van der Waals surface area contributed by atoms with Crippen LogP contribution >= 0.6 is 23.8 Å². The minimum atomic E-state index is 0.421. The SMILES string of the molecule is CC(C)(C)C1CCC(NC(=S)Nc2cccc(Cl)c2)CC1. The molecule has 2 N–H and O–H groups in total. The number of benzene rings is 1. The maximum atomic E-state index is 5.98. The van der Waals surface area contributed by atoms with Gasteiger partial charge >= 0.3 is 0 Å². The fourth-order valence-corrected chi connectivity index (χ4v) is 3.50. The molecule has 116 valence electrons. The van der Waals surface area contributed by atoms with Crippen molar-refractivity contribution in [3.8, 4) is 0 Å². The van der Waals surface area contributed by atoms with Crippen LogP contribution in [0.4, 0.5) is 5.69 Å². The number of hydrogen-bond acceptors (Lipinski definition) is 1. The lowest BCUT2D eigenvalue weighted by Crippen LogP contribution is -2.41. The molecule has 4 heteroatoms. The molecule has 1 fully saturated rings. The van der Waals surface area contributed by atoms with Gasteiger partial charge in [-0.2, -0.15) is 0 Å². The maximum absolute atomic E-state index is 5.98. The lowest BCUT2D eigenvalue weighted by molar-refractivity contribution is 0.166. The molecule has 0 aliphatic heterocycles. The van der Waals surface area contributed by atoms with E-state index in [4.69, 9.17) is 23.8 Å². The monoisotopic (exact) mass is 324 g/mol. The summed E-state index contributed by atoms with van der Waals surface area (Å²) in [4.78, 5) is 0. The zero-order valence-electron chi connectivity index (χ0n) is 13.1. The van der Waals surface area contributed by atoms with Crippen LogP contribution in [0, 0.1) is 11.3 Å². The largest absolute Gasteiger partial charge is 0.360 e. The fourth-order valence-electron chi connectivity index (χ4n) is 3.02. The second-order valence-electron chi connectivity index (χ2n) is 7.02. The summed E-state index contributed by atoms with van der Waals surface area (Å²) in [7, 11) is 0. The van der Waals surface area contributed by atoms with E-state index in [1.807, 2.05) is 24.3 Å². The van der Waals surface area contributed by atoms with Gasteiger partial charge in [-0.3, -0.25) is 0 Å². The second-order valence-corrected chi connectivity index (χ2v) is 7.87. The van der Waals surface area contributed by atoms with Crippen molar-refractivity contribution >= 4 is 34.6 Å². The summed E-state index contributed by atoms with van der Waals surface area (Å²) in [6.07, 6.45) is 4.94. The fraction of sp³-hybridized carbons (Fsp3) is 0.588. The van der Waals surface area contributed by atoms with E-state index < -0.39 is 0 Å². The molecule has 1 aromatic rings. The van der Waals surface area contributed by atoms with E-state index in [-0.39, 0.29) is 0 Å². The zero-order chi connectivity index (χ0) is 15.5. The molecule has 0 spiro atoms. The van der Waals surface area contributed by atoms with Crippen LogP contribution in [0.5, 0.6) is 0 Å². The quantitative estimate of drug-likeness (QED) is 0.728. The molecule has 21 heavy (non-hydrogen) atoms. The smallest absolute Gasteiger partial charge is 0.170 e. The van der Waals surface area contributed by atoms with Crippen molar-refractivity contribution in [1.82, 2.24) is 5.32 Å². The molecule has 1 saturated carbocycles. The van der Waals surface area contributed by atoms with Crippen molar-refractivity contribution in [2.45, 2.75) is 52.5 Å². The van der Waals surface area contributed by atoms with Gasteiger partial charge in [0, 0.05) is 16.8 Å².